The van der Waals surface area contributed by atoms with Gasteiger partial charge in [-0.2, -0.15) is 0 Å². The van der Waals surface area contributed by atoms with Crippen LogP contribution < -0.4 is 4.74 Å². The molecule has 1 saturated heterocycles. The van der Waals surface area contributed by atoms with Gasteiger partial charge in [-0.15, -0.1) is 11.3 Å². The average molecular weight is 394 g/mol. The van der Waals surface area contributed by atoms with Crippen LogP contribution in [0.25, 0.3) is 11.3 Å². The van der Waals surface area contributed by atoms with E-state index in [4.69, 9.17) is 9.72 Å². The van der Waals surface area contributed by atoms with Gasteiger partial charge < -0.3 is 9.64 Å². The normalized spacial score (nSPS) is 14.8. The summed E-state index contributed by atoms with van der Waals surface area (Å²) in [6.07, 6.45) is 0. The van der Waals surface area contributed by atoms with Gasteiger partial charge in [-0.1, -0.05) is 42.5 Å². The lowest BCUT2D eigenvalue weighted by molar-refractivity contribution is 0.0625. The lowest BCUT2D eigenvalue weighted by atomic mass is 10.1. The van der Waals surface area contributed by atoms with Crippen molar-refractivity contribution in [2.45, 2.75) is 6.54 Å². The van der Waals surface area contributed by atoms with Crippen LogP contribution >= 0.6 is 11.3 Å². The van der Waals surface area contributed by atoms with Crippen molar-refractivity contribution in [2.24, 2.45) is 0 Å². The van der Waals surface area contributed by atoms with Crippen LogP contribution in [0.5, 0.6) is 5.75 Å². The van der Waals surface area contributed by atoms with Crippen LogP contribution in [-0.4, -0.2) is 54.0 Å². The number of amides is 1. The number of methoxy groups -OCH3 is 1. The molecule has 1 fully saturated rings. The summed E-state index contributed by atoms with van der Waals surface area (Å²) in [4.78, 5) is 21.9. The molecule has 1 aromatic heterocycles. The Morgan fingerprint density at radius 2 is 1.75 bits per heavy atom. The van der Waals surface area contributed by atoms with E-state index < -0.39 is 0 Å². The van der Waals surface area contributed by atoms with E-state index in [9.17, 15) is 4.79 Å². The first-order chi connectivity index (χ1) is 13.7. The lowest BCUT2D eigenvalue weighted by Gasteiger charge is -2.34. The molecule has 28 heavy (non-hydrogen) atoms. The quantitative estimate of drug-likeness (QED) is 0.662. The molecule has 0 unspecified atom stereocenters. The minimum atomic E-state index is 0.0395. The van der Waals surface area contributed by atoms with Gasteiger partial charge in [-0.05, 0) is 12.1 Å². The highest BCUT2D eigenvalue weighted by molar-refractivity contribution is 7.09. The van der Waals surface area contributed by atoms with Crippen molar-refractivity contribution < 1.29 is 9.53 Å². The zero-order valence-electron chi connectivity index (χ0n) is 15.9. The molecule has 0 N–H and O–H groups in total. The zero-order valence-corrected chi connectivity index (χ0v) is 16.7. The molecule has 0 radical (unpaired) electrons. The molecule has 6 heteroatoms. The van der Waals surface area contributed by atoms with Crippen LogP contribution in [0.1, 0.15) is 15.4 Å². The standard InChI is InChI=1S/C22H23N3O2S/c1-27-20-10-6-5-9-18(20)22(26)25-13-11-24(12-14-25)15-21-23-19(16-28-21)17-7-3-2-4-8-17/h2-10,16H,11-15H2,1H3. The summed E-state index contributed by atoms with van der Waals surface area (Å²) < 4.78 is 5.33. The van der Waals surface area contributed by atoms with Gasteiger partial charge in [0.15, 0.2) is 0 Å². The zero-order chi connectivity index (χ0) is 19.3. The molecule has 0 saturated carbocycles. The number of ether oxygens (including phenoxy) is 1. The number of nitrogens with zero attached hydrogens (tertiary/aromatic N) is 3. The third-order valence-electron chi connectivity index (χ3n) is 4.98. The van der Waals surface area contributed by atoms with E-state index in [-0.39, 0.29) is 5.91 Å². The first-order valence-electron chi connectivity index (χ1n) is 9.39. The van der Waals surface area contributed by atoms with Gasteiger partial charge >= 0.3 is 0 Å². The van der Waals surface area contributed by atoms with Crippen LogP contribution in [0.4, 0.5) is 0 Å². The second-order valence-corrected chi connectivity index (χ2v) is 7.70. The molecule has 1 aliphatic rings. The van der Waals surface area contributed by atoms with Crippen LogP contribution in [0.3, 0.4) is 0 Å². The Kier molecular flexibility index (Phi) is 5.69. The predicted octanol–water partition coefficient (Wildman–Crippen LogP) is 3.78. The molecule has 3 aromatic rings. The van der Waals surface area contributed by atoms with Crippen molar-refractivity contribution in [2.75, 3.05) is 33.3 Å². The number of thiazole rings is 1. The minimum absolute atomic E-state index is 0.0395. The maximum atomic E-state index is 12.8. The van der Waals surface area contributed by atoms with Crippen molar-refractivity contribution in [1.82, 2.24) is 14.8 Å². The predicted molar refractivity (Wildman–Crippen MR) is 112 cm³/mol. The molecule has 0 bridgehead atoms. The van der Waals surface area contributed by atoms with Gasteiger partial charge in [-0.25, -0.2) is 4.98 Å². The lowest BCUT2D eigenvalue weighted by Crippen LogP contribution is -2.48. The van der Waals surface area contributed by atoms with Crippen molar-refractivity contribution in [3.05, 3.63) is 70.5 Å². The van der Waals surface area contributed by atoms with E-state index in [0.29, 0.717) is 24.4 Å². The molecule has 2 aromatic carbocycles. The number of rotatable bonds is 5. The van der Waals surface area contributed by atoms with Gasteiger partial charge in [-0.3, -0.25) is 9.69 Å². The topological polar surface area (TPSA) is 45.7 Å². The number of carbonyl (C=O) groups is 1. The highest BCUT2D eigenvalue weighted by Crippen LogP contribution is 2.23. The van der Waals surface area contributed by atoms with Crippen molar-refractivity contribution >= 4 is 17.2 Å². The van der Waals surface area contributed by atoms with Gasteiger partial charge in [0.1, 0.15) is 10.8 Å². The van der Waals surface area contributed by atoms with Gasteiger partial charge in [0.2, 0.25) is 0 Å². The van der Waals surface area contributed by atoms with Gasteiger partial charge in [0.05, 0.1) is 24.9 Å². The highest BCUT2D eigenvalue weighted by atomic mass is 32.1. The average Bonchev–Trinajstić information content (AvgIpc) is 3.23. The van der Waals surface area contributed by atoms with Crippen molar-refractivity contribution in [3.63, 3.8) is 0 Å². The Labute approximate surface area is 169 Å². The molecule has 4 rings (SSSR count). The second-order valence-electron chi connectivity index (χ2n) is 6.76. The number of hydrogen-bond acceptors (Lipinski definition) is 5. The fourth-order valence-corrected chi connectivity index (χ4v) is 4.26. The third kappa shape index (κ3) is 4.08. The Morgan fingerprint density at radius 1 is 1.04 bits per heavy atom. The maximum Gasteiger partial charge on any atom is 0.257 e. The van der Waals surface area contributed by atoms with Gasteiger partial charge in [0.25, 0.3) is 5.91 Å². The molecular formula is C22H23N3O2S. The van der Waals surface area contributed by atoms with Crippen LogP contribution in [-0.2, 0) is 6.54 Å². The fraction of sp³-hybridized carbons (Fsp3) is 0.273. The summed E-state index contributed by atoms with van der Waals surface area (Å²) in [5.74, 6) is 0.670. The Bertz CT molecular complexity index is 934. The third-order valence-corrected chi connectivity index (χ3v) is 5.81. The molecule has 0 aliphatic carbocycles. The van der Waals surface area contributed by atoms with Crippen molar-refractivity contribution in [3.8, 4) is 17.0 Å². The first kappa shape index (κ1) is 18.7. The summed E-state index contributed by atoms with van der Waals surface area (Å²) in [5, 5.41) is 3.23. The molecule has 1 amide bonds. The summed E-state index contributed by atoms with van der Waals surface area (Å²) in [6, 6.07) is 17.7. The Balaban J connectivity index is 1.35. The van der Waals surface area contributed by atoms with Gasteiger partial charge in [0, 0.05) is 37.1 Å². The van der Waals surface area contributed by atoms with E-state index in [2.05, 4.69) is 22.4 Å². The molecular weight excluding hydrogens is 370 g/mol. The fourth-order valence-electron chi connectivity index (χ4n) is 3.42. The summed E-state index contributed by atoms with van der Waals surface area (Å²) >= 11 is 1.70. The van der Waals surface area contributed by atoms with E-state index in [1.165, 1.54) is 0 Å². The summed E-state index contributed by atoms with van der Waals surface area (Å²) in [5.41, 5.74) is 2.81. The molecule has 0 atom stereocenters. The van der Waals surface area contributed by atoms with E-state index in [1.54, 1.807) is 18.4 Å². The van der Waals surface area contributed by atoms with Crippen LogP contribution in [0.15, 0.2) is 60.0 Å². The van der Waals surface area contributed by atoms with E-state index in [0.717, 1.165) is 35.9 Å². The smallest absolute Gasteiger partial charge is 0.257 e. The molecule has 1 aliphatic heterocycles. The number of piperazine rings is 1. The maximum absolute atomic E-state index is 12.8. The molecule has 0 spiro atoms. The molecule has 2 heterocycles. The Hall–Kier alpha value is -2.70. The van der Waals surface area contributed by atoms with E-state index >= 15 is 0 Å². The number of para-hydroxylation sites is 1. The van der Waals surface area contributed by atoms with E-state index in [1.807, 2.05) is 47.4 Å². The molecule has 144 valence electrons. The summed E-state index contributed by atoms with van der Waals surface area (Å²) in [7, 11) is 1.60. The SMILES string of the molecule is COc1ccccc1C(=O)N1CCN(Cc2nc(-c3ccccc3)cs2)CC1. The number of carbonyl (C=O) groups excluding carboxylic acids is 1. The largest absolute Gasteiger partial charge is 0.496 e. The van der Waals surface area contributed by atoms with Crippen molar-refractivity contribution in [1.29, 1.82) is 0 Å². The monoisotopic (exact) mass is 393 g/mol. The molecule has 5 nitrogen and oxygen atoms in total. The van der Waals surface area contributed by atoms with Crippen LogP contribution in [0, 0.1) is 0 Å². The Morgan fingerprint density at radius 3 is 2.50 bits per heavy atom. The number of hydrogen-bond donors (Lipinski definition) is 0. The highest BCUT2D eigenvalue weighted by Gasteiger charge is 2.24. The minimum Gasteiger partial charge on any atom is -0.496 e. The van der Waals surface area contributed by atoms with Crippen LogP contribution in [0.2, 0.25) is 0 Å². The number of benzene rings is 2. The second kappa shape index (κ2) is 8.54. The number of aromatic nitrogens is 1. The summed E-state index contributed by atoms with van der Waals surface area (Å²) in [6.45, 7) is 3.96. The first-order valence-corrected chi connectivity index (χ1v) is 10.3.